The lowest BCUT2D eigenvalue weighted by atomic mass is 9.71. The van der Waals surface area contributed by atoms with E-state index in [1.165, 1.54) is 6.33 Å². The molecule has 1 aromatic rings. The fourth-order valence-electron chi connectivity index (χ4n) is 1.86. The average Bonchev–Trinajstić information content (AvgIpc) is 2.64. The SMILES string of the molecule is CC(C)(C)CCC(O)(Cn1cncn1)C(C)(C)C. The summed E-state index contributed by atoms with van der Waals surface area (Å²) in [5.41, 5.74) is -0.736. The van der Waals surface area contributed by atoms with E-state index in [0.717, 1.165) is 12.8 Å². The molecule has 1 aromatic heterocycles. The predicted molar refractivity (Wildman–Crippen MR) is 73.1 cm³/mol. The second-order valence-corrected chi connectivity index (χ2v) is 7.44. The Morgan fingerprint density at radius 3 is 2.06 bits per heavy atom. The molecule has 4 nitrogen and oxygen atoms in total. The lowest BCUT2D eigenvalue weighted by Crippen LogP contribution is -2.47. The van der Waals surface area contributed by atoms with Gasteiger partial charge in [-0.3, -0.25) is 4.68 Å². The molecule has 0 spiro atoms. The van der Waals surface area contributed by atoms with E-state index >= 15 is 0 Å². The average molecular weight is 253 g/mol. The monoisotopic (exact) mass is 253 g/mol. The van der Waals surface area contributed by atoms with Crippen LogP contribution in [-0.4, -0.2) is 25.5 Å². The van der Waals surface area contributed by atoms with Crippen molar-refractivity contribution < 1.29 is 5.11 Å². The van der Waals surface area contributed by atoms with Crippen LogP contribution >= 0.6 is 0 Å². The third-order valence-corrected chi connectivity index (χ3v) is 3.57. The fourth-order valence-corrected chi connectivity index (χ4v) is 1.86. The van der Waals surface area contributed by atoms with E-state index in [0.29, 0.717) is 6.54 Å². The van der Waals surface area contributed by atoms with E-state index in [4.69, 9.17) is 0 Å². The van der Waals surface area contributed by atoms with Crippen LogP contribution in [-0.2, 0) is 6.54 Å². The molecule has 0 saturated carbocycles. The van der Waals surface area contributed by atoms with E-state index in [1.807, 2.05) is 0 Å². The van der Waals surface area contributed by atoms with E-state index in [1.54, 1.807) is 11.0 Å². The Balaban J connectivity index is 2.83. The topological polar surface area (TPSA) is 50.9 Å². The van der Waals surface area contributed by atoms with Gasteiger partial charge >= 0.3 is 0 Å². The highest BCUT2D eigenvalue weighted by Gasteiger charge is 2.41. The molecule has 18 heavy (non-hydrogen) atoms. The van der Waals surface area contributed by atoms with Gasteiger partial charge in [0.15, 0.2) is 0 Å². The minimum atomic E-state index is -0.770. The smallest absolute Gasteiger partial charge is 0.137 e. The van der Waals surface area contributed by atoms with Gasteiger partial charge in [0.2, 0.25) is 0 Å². The molecule has 0 bridgehead atoms. The molecule has 0 radical (unpaired) electrons. The highest BCUT2D eigenvalue weighted by atomic mass is 16.3. The quantitative estimate of drug-likeness (QED) is 0.897. The van der Waals surface area contributed by atoms with Crippen molar-refractivity contribution in [2.75, 3.05) is 0 Å². The first-order valence-electron chi connectivity index (χ1n) is 6.58. The zero-order valence-electron chi connectivity index (χ0n) is 12.6. The van der Waals surface area contributed by atoms with Crippen LogP contribution in [0.25, 0.3) is 0 Å². The van der Waals surface area contributed by atoms with Crippen molar-refractivity contribution in [3.05, 3.63) is 12.7 Å². The van der Waals surface area contributed by atoms with Gasteiger partial charge in [0.25, 0.3) is 0 Å². The standard InChI is InChI=1S/C14H27N3O/c1-12(2,3)7-8-14(18,13(4,5)6)9-17-11-15-10-16-17/h10-11,18H,7-9H2,1-6H3. The van der Waals surface area contributed by atoms with Crippen molar-refractivity contribution in [2.24, 2.45) is 10.8 Å². The van der Waals surface area contributed by atoms with E-state index < -0.39 is 5.60 Å². The molecule has 1 atom stereocenters. The Morgan fingerprint density at radius 2 is 1.67 bits per heavy atom. The molecule has 0 aliphatic carbocycles. The molecule has 1 rings (SSSR count). The third-order valence-electron chi connectivity index (χ3n) is 3.57. The van der Waals surface area contributed by atoms with Gasteiger partial charge < -0.3 is 5.11 Å². The molecule has 104 valence electrons. The molecule has 4 heteroatoms. The Labute approximate surface area is 110 Å². The zero-order chi connectivity index (χ0) is 14.0. The van der Waals surface area contributed by atoms with Crippen molar-refractivity contribution in [1.29, 1.82) is 0 Å². The Morgan fingerprint density at radius 1 is 1.06 bits per heavy atom. The van der Waals surface area contributed by atoms with Gasteiger partial charge in [0.05, 0.1) is 12.1 Å². The summed E-state index contributed by atoms with van der Waals surface area (Å²) >= 11 is 0. The lowest BCUT2D eigenvalue weighted by Gasteiger charge is -2.41. The normalized spacial score (nSPS) is 16.6. The molecular formula is C14H27N3O. The molecule has 0 saturated heterocycles. The first-order valence-corrected chi connectivity index (χ1v) is 6.58. The van der Waals surface area contributed by atoms with Crippen LogP contribution in [0.1, 0.15) is 54.4 Å². The van der Waals surface area contributed by atoms with Crippen LogP contribution in [0.5, 0.6) is 0 Å². The molecular weight excluding hydrogens is 226 g/mol. The minimum Gasteiger partial charge on any atom is -0.387 e. The van der Waals surface area contributed by atoms with Gasteiger partial charge in [-0.05, 0) is 23.7 Å². The summed E-state index contributed by atoms with van der Waals surface area (Å²) in [5, 5.41) is 15.1. The number of rotatable bonds is 4. The number of aliphatic hydroxyl groups is 1. The Hall–Kier alpha value is -0.900. The summed E-state index contributed by atoms with van der Waals surface area (Å²) in [5.74, 6) is 0. The fraction of sp³-hybridized carbons (Fsp3) is 0.857. The highest BCUT2D eigenvalue weighted by Crippen LogP contribution is 2.38. The maximum atomic E-state index is 11.0. The molecule has 0 amide bonds. The molecule has 0 aliphatic heterocycles. The van der Waals surface area contributed by atoms with E-state index in [2.05, 4.69) is 51.6 Å². The molecule has 0 aliphatic rings. The Bertz CT molecular complexity index is 359. The summed E-state index contributed by atoms with van der Waals surface area (Å²) < 4.78 is 1.72. The maximum absolute atomic E-state index is 11.0. The molecule has 0 fully saturated rings. The predicted octanol–water partition coefficient (Wildman–Crippen LogP) is 2.88. The van der Waals surface area contributed by atoms with Crippen molar-refractivity contribution in [3.63, 3.8) is 0 Å². The summed E-state index contributed by atoms with van der Waals surface area (Å²) in [6.45, 7) is 13.3. The van der Waals surface area contributed by atoms with Crippen molar-refractivity contribution in [2.45, 2.75) is 66.5 Å². The number of hydrogen-bond donors (Lipinski definition) is 1. The van der Waals surface area contributed by atoms with Crippen molar-refractivity contribution >= 4 is 0 Å². The van der Waals surface area contributed by atoms with Gasteiger partial charge in [-0.2, -0.15) is 5.10 Å². The van der Waals surface area contributed by atoms with Crippen LogP contribution in [0.15, 0.2) is 12.7 Å². The molecule has 0 aromatic carbocycles. The van der Waals surface area contributed by atoms with Crippen LogP contribution < -0.4 is 0 Å². The number of nitrogens with zero attached hydrogens (tertiary/aromatic N) is 3. The first-order chi connectivity index (χ1) is 8.04. The van der Waals surface area contributed by atoms with Gasteiger partial charge in [-0.1, -0.05) is 41.5 Å². The van der Waals surface area contributed by atoms with Crippen LogP contribution in [0.2, 0.25) is 0 Å². The number of aromatic nitrogens is 3. The third kappa shape index (κ3) is 4.09. The second-order valence-electron chi connectivity index (χ2n) is 7.44. The van der Waals surface area contributed by atoms with Gasteiger partial charge in [-0.25, -0.2) is 4.98 Å². The molecule has 1 heterocycles. The zero-order valence-corrected chi connectivity index (χ0v) is 12.6. The Kier molecular flexibility index (Phi) is 4.21. The maximum Gasteiger partial charge on any atom is 0.137 e. The van der Waals surface area contributed by atoms with E-state index in [9.17, 15) is 5.11 Å². The van der Waals surface area contributed by atoms with Gasteiger partial charge in [0, 0.05) is 0 Å². The van der Waals surface area contributed by atoms with Gasteiger partial charge in [-0.15, -0.1) is 0 Å². The lowest BCUT2D eigenvalue weighted by molar-refractivity contribution is -0.0857. The van der Waals surface area contributed by atoms with E-state index in [-0.39, 0.29) is 10.8 Å². The largest absolute Gasteiger partial charge is 0.387 e. The number of hydrogen-bond acceptors (Lipinski definition) is 3. The summed E-state index contributed by atoms with van der Waals surface area (Å²) in [7, 11) is 0. The van der Waals surface area contributed by atoms with Crippen molar-refractivity contribution in [1.82, 2.24) is 14.8 Å². The second kappa shape index (κ2) is 5.00. The minimum absolute atomic E-state index is 0.190. The van der Waals surface area contributed by atoms with Crippen LogP contribution in [0, 0.1) is 10.8 Å². The summed E-state index contributed by atoms with van der Waals surface area (Å²) in [4.78, 5) is 3.94. The van der Waals surface area contributed by atoms with Crippen molar-refractivity contribution in [3.8, 4) is 0 Å². The summed E-state index contributed by atoms with van der Waals surface area (Å²) in [6, 6.07) is 0. The first kappa shape index (κ1) is 15.2. The van der Waals surface area contributed by atoms with Crippen LogP contribution in [0.4, 0.5) is 0 Å². The highest BCUT2D eigenvalue weighted by molar-refractivity contribution is 4.91. The summed E-state index contributed by atoms with van der Waals surface area (Å²) in [6.07, 6.45) is 4.91. The molecule has 1 N–H and O–H groups in total. The molecule has 1 unspecified atom stereocenters. The van der Waals surface area contributed by atoms with Gasteiger partial charge in [0.1, 0.15) is 12.7 Å². The van der Waals surface area contributed by atoms with Crippen LogP contribution in [0.3, 0.4) is 0 Å².